The van der Waals surface area contributed by atoms with Crippen LogP contribution in [0.2, 0.25) is 0 Å². The fourth-order valence-electron chi connectivity index (χ4n) is 2.74. The van der Waals surface area contributed by atoms with Gasteiger partial charge >= 0.3 is 0 Å². The highest BCUT2D eigenvalue weighted by molar-refractivity contribution is 8.00. The molecular formula is C19H18F2N2O2S. The first-order valence-electron chi connectivity index (χ1n) is 8.16. The van der Waals surface area contributed by atoms with Crippen LogP contribution in [-0.4, -0.2) is 29.0 Å². The quantitative estimate of drug-likeness (QED) is 0.862. The first-order valence-corrected chi connectivity index (χ1v) is 9.21. The number of hydrogen-bond acceptors (Lipinski definition) is 3. The summed E-state index contributed by atoms with van der Waals surface area (Å²) in [6.45, 7) is 2.13. The van der Waals surface area contributed by atoms with Crippen LogP contribution in [0.5, 0.6) is 0 Å². The van der Waals surface area contributed by atoms with E-state index in [9.17, 15) is 18.4 Å². The van der Waals surface area contributed by atoms with Gasteiger partial charge in [-0.25, -0.2) is 8.78 Å². The summed E-state index contributed by atoms with van der Waals surface area (Å²) in [5, 5.41) is 2.23. The van der Waals surface area contributed by atoms with Gasteiger partial charge in [0.15, 0.2) is 0 Å². The summed E-state index contributed by atoms with van der Waals surface area (Å²) >= 11 is 1.27. The van der Waals surface area contributed by atoms with E-state index < -0.39 is 17.0 Å². The van der Waals surface area contributed by atoms with E-state index in [-0.39, 0.29) is 36.1 Å². The zero-order valence-corrected chi connectivity index (χ0v) is 15.0. The summed E-state index contributed by atoms with van der Waals surface area (Å²) in [5.41, 5.74) is 2.02. The fourth-order valence-corrected chi connectivity index (χ4v) is 3.98. The Hall–Kier alpha value is -2.41. The van der Waals surface area contributed by atoms with Gasteiger partial charge in [-0.15, -0.1) is 11.8 Å². The van der Waals surface area contributed by atoms with Crippen LogP contribution in [0.4, 0.5) is 14.5 Å². The normalized spacial score (nSPS) is 16.8. The van der Waals surface area contributed by atoms with Crippen molar-refractivity contribution in [3.63, 3.8) is 0 Å². The standard InChI is InChI=1S/C19H18F2N2O2S/c1-12-2-5-14(6-3-12)22-17(24)8-9-23-18(25)11-26-19(23)15-7-4-13(20)10-16(15)21/h2-7,10,19H,8-9,11H2,1H3,(H,22,24)/t19-/m1/s1. The molecule has 0 bridgehead atoms. The second-order valence-corrected chi connectivity index (χ2v) is 7.15. The van der Waals surface area contributed by atoms with E-state index in [1.54, 1.807) is 12.1 Å². The van der Waals surface area contributed by atoms with Crippen molar-refractivity contribution in [3.8, 4) is 0 Å². The molecule has 0 aliphatic carbocycles. The van der Waals surface area contributed by atoms with Gasteiger partial charge in [0.1, 0.15) is 17.0 Å². The molecule has 2 aromatic rings. The number of carbonyl (C=O) groups is 2. The van der Waals surface area contributed by atoms with Gasteiger partial charge in [-0.3, -0.25) is 9.59 Å². The Morgan fingerprint density at radius 1 is 1.23 bits per heavy atom. The largest absolute Gasteiger partial charge is 0.326 e. The number of hydrogen-bond donors (Lipinski definition) is 1. The molecule has 26 heavy (non-hydrogen) atoms. The molecule has 2 aromatic carbocycles. The molecular weight excluding hydrogens is 358 g/mol. The lowest BCUT2D eigenvalue weighted by atomic mass is 10.2. The van der Waals surface area contributed by atoms with Crippen molar-refractivity contribution < 1.29 is 18.4 Å². The molecule has 0 aromatic heterocycles. The topological polar surface area (TPSA) is 49.4 Å². The van der Waals surface area contributed by atoms with E-state index >= 15 is 0 Å². The molecule has 1 fully saturated rings. The molecule has 1 N–H and O–H groups in total. The Balaban J connectivity index is 1.64. The Bertz CT molecular complexity index is 827. The number of halogens is 2. The third kappa shape index (κ3) is 4.22. The molecule has 1 heterocycles. The van der Waals surface area contributed by atoms with Crippen LogP contribution in [0, 0.1) is 18.6 Å². The van der Waals surface area contributed by atoms with Crippen molar-refractivity contribution in [2.24, 2.45) is 0 Å². The third-order valence-electron chi connectivity index (χ3n) is 4.11. The summed E-state index contributed by atoms with van der Waals surface area (Å²) in [4.78, 5) is 25.7. The van der Waals surface area contributed by atoms with Gasteiger partial charge in [0.25, 0.3) is 0 Å². The van der Waals surface area contributed by atoms with Gasteiger partial charge in [0.05, 0.1) is 5.75 Å². The molecule has 2 amide bonds. The number of amides is 2. The Labute approximate surface area is 154 Å². The van der Waals surface area contributed by atoms with Crippen LogP contribution in [-0.2, 0) is 9.59 Å². The lowest BCUT2D eigenvalue weighted by molar-refractivity contribution is -0.128. The molecule has 0 radical (unpaired) electrons. The van der Waals surface area contributed by atoms with Crippen molar-refractivity contribution in [2.75, 3.05) is 17.6 Å². The monoisotopic (exact) mass is 376 g/mol. The van der Waals surface area contributed by atoms with E-state index in [1.807, 2.05) is 19.1 Å². The number of nitrogens with one attached hydrogen (secondary N) is 1. The van der Waals surface area contributed by atoms with E-state index in [1.165, 1.54) is 28.8 Å². The van der Waals surface area contributed by atoms with Gasteiger partial charge in [-0.1, -0.05) is 23.8 Å². The molecule has 1 aliphatic heterocycles. The Morgan fingerprint density at radius 2 is 1.96 bits per heavy atom. The van der Waals surface area contributed by atoms with E-state index in [0.29, 0.717) is 5.69 Å². The summed E-state index contributed by atoms with van der Waals surface area (Å²) in [7, 11) is 0. The fraction of sp³-hybridized carbons (Fsp3) is 0.263. The van der Waals surface area contributed by atoms with Crippen LogP contribution in [0.1, 0.15) is 22.9 Å². The van der Waals surface area contributed by atoms with E-state index in [2.05, 4.69) is 5.32 Å². The van der Waals surface area contributed by atoms with Crippen LogP contribution in [0.15, 0.2) is 42.5 Å². The highest BCUT2D eigenvalue weighted by Crippen LogP contribution is 2.39. The zero-order valence-electron chi connectivity index (χ0n) is 14.2. The number of aryl methyl sites for hydroxylation is 1. The minimum Gasteiger partial charge on any atom is -0.326 e. The predicted octanol–water partition coefficient (Wildman–Crippen LogP) is 3.88. The van der Waals surface area contributed by atoms with Crippen LogP contribution >= 0.6 is 11.8 Å². The SMILES string of the molecule is Cc1ccc(NC(=O)CCN2C(=O)CS[C@@H]2c2ccc(F)cc2F)cc1. The number of anilines is 1. The van der Waals surface area contributed by atoms with Crippen molar-refractivity contribution >= 4 is 29.3 Å². The smallest absolute Gasteiger partial charge is 0.233 e. The third-order valence-corrected chi connectivity index (χ3v) is 5.35. The number of rotatable bonds is 5. The van der Waals surface area contributed by atoms with Crippen molar-refractivity contribution in [2.45, 2.75) is 18.7 Å². The van der Waals surface area contributed by atoms with E-state index in [4.69, 9.17) is 0 Å². The lowest BCUT2D eigenvalue weighted by Crippen LogP contribution is -2.32. The van der Waals surface area contributed by atoms with Crippen LogP contribution in [0.25, 0.3) is 0 Å². The Morgan fingerprint density at radius 3 is 2.65 bits per heavy atom. The Kier molecular flexibility index (Phi) is 5.56. The minimum absolute atomic E-state index is 0.0967. The average Bonchev–Trinajstić information content (AvgIpc) is 2.96. The van der Waals surface area contributed by atoms with E-state index in [0.717, 1.165) is 11.6 Å². The molecule has 136 valence electrons. The summed E-state index contributed by atoms with van der Waals surface area (Å²) in [5.74, 6) is -1.53. The molecule has 0 saturated carbocycles. The van der Waals surface area contributed by atoms with Gasteiger partial charge < -0.3 is 10.2 Å². The maximum Gasteiger partial charge on any atom is 0.233 e. The number of thioether (sulfide) groups is 1. The number of nitrogens with zero attached hydrogens (tertiary/aromatic N) is 1. The molecule has 1 aliphatic rings. The second kappa shape index (κ2) is 7.86. The number of benzene rings is 2. The van der Waals surface area contributed by atoms with Gasteiger partial charge in [0, 0.05) is 30.3 Å². The van der Waals surface area contributed by atoms with Crippen molar-refractivity contribution in [1.82, 2.24) is 4.90 Å². The maximum absolute atomic E-state index is 14.1. The van der Waals surface area contributed by atoms with Gasteiger partial charge in [0.2, 0.25) is 11.8 Å². The molecule has 3 rings (SSSR count). The van der Waals surface area contributed by atoms with Gasteiger partial charge in [-0.2, -0.15) is 0 Å². The maximum atomic E-state index is 14.1. The lowest BCUT2D eigenvalue weighted by Gasteiger charge is -2.24. The second-order valence-electron chi connectivity index (χ2n) is 6.08. The molecule has 0 spiro atoms. The van der Waals surface area contributed by atoms with Crippen LogP contribution in [0.3, 0.4) is 0 Å². The predicted molar refractivity (Wildman–Crippen MR) is 97.7 cm³/mol. The minimum atomic E-state index is -0.689. The zero-order chi connectivity index (χ0) is 18.7. The highest BCUT2D eigenvalue weighted by atomic mass is 32.2. The highest BCUT2D eigenvalue weighted by Gasteiger charge is 2.34. The van der Waals surface area contributed by atoms with Crippen molar-refractivity contribution in [1.29, 1.82) is 0 Å². The first kappa shape index (κ1) is 18.4. The van der Waals surface area contributed by atoms with Crippen LogP contribution < -0.4 is 5.32 Å². The average molecular weight is 376 g/mol. The molecule has 7 heteroatoms. The molecule has 0 unspecified atom stereocenters. The molecule has 1 atom stereocenters. The van der Waals surface area contributed by atoms with Crippen molar-refractivity contribution in [3.05, 3.63) is 65.2 Å². The summed E-state index contributed by atoms with van der Waals surface area (Å²) in [6.07, 6.45) is 0.0967. The molecule has 1 saturated heterocycles. The summed E-state index contributed by atoms with van der Waals surface area (Å²) in [6, 6.07) is 10.7. The van der Waals surface area contributed by atoms with Gasteiger partial charge in [-0.05, 0) is 25.1 Å². The number of carbonyl (C=O) groups excluding carboxylic acids is 2. The first-order chi connectivity index (χ1) is 12.4. The molecule has 4 nitrogen and oxygen atoms in total. The summed E-state index contributed by atoms with van der Waals surface area (Å²) < 4.78 is 27.2.